The fourth-order valence-corrected chi connectivity index (χ4v) is 8.41. The Hall–Kier alpha value is -7.04. The maximum absolute atomic E-state index is 12.4. The van der Waals surface area contributed by atoms with Crippen LogP contribution in [0.4, 0.5) is 0 Å². The van der Waals surface area contributed by atoms with Crippen molar-refractivity contribution >= 4 is 11.0 Å². The molecule has 64 heavy (non-hydrogen) atoms. The largest absolute Gasteiger partial charge is 0.507 e. The second-order valence-electron chi connectivity index (χ2n) is 17.0. The average molecular weight is 851 g/mol. The summed E-state index contributed by atoms with van der Waals surface area (Å²) in [5.74, 6) is 0.210. The smallest absolute Gasteiger partial charge is 0.149 e. The molecule has 4 nitrogen and oxygen atoms in total. The van der Waals surface area contributed by atoms with Crippen molar-refractivity contribution in [2.24, 2.45) is 0 Å². The number of phenols is 1. The van der Waals surface area contributed by atoms with Crippen LogP contribution in [0.1, 0.15) is 108 Å². The maximum atomic E-state index is 12.4. The molecule has 0 bridgehead atoms. The number of rotatable bonds is 9. The molecule has 7 aromatic carbocycles. The molecule has 0 aliphatic carbocycles. The van der Waals surface area contributed by atoms with Crippen molar-refractivity contribution < 1.29 is 25.7 Å². The van der Waals surface area contributed by atoms with Crippen LogP contribution >= 0.6 is 0 Å². The van der Waals surface area contributed by atoms with E-state index < -0.39 is 39.7 Å². The monoisotopic (exact) mass is 851 g/mol. The molecule has 0 aliphatic rings. The van der Waals surface area contributed by atoms with Crippen molar-refractivity contribution in [3.8, 4) is 78.6 Å². The topological polar surface area (TPSA) is 50.9 Å². The number of aromatic nitrogens is 3. The van der Waals surface area contributed by atoms with E-state index in [2.05, 4.69) is 13.8 Å². The molecular formula is C60H57N3O. The summed E-state index contributed by atoms with van der Waals surface area (Å²) in [5.41, 5.74) is 5.29. The van der Waals surface area contributed by atoms with E-state index in [1.807, 2.05) is 98.8 Å². The number of imidazole rings is 1. The molecule has 0 spiro atoms. The van der Waals surface area contributed by atoms with Crippen molar-refractivity contribution in [1.82, 2.24) is 14.5 Å². The van der Waals surface area contributed by atoms with Crippen LogP contribution in [0, 0.1) is 13.7 Å². The van der Waals surface area contributed by atoms with Crippen LogP contribution in [0.2, 0.25) is 0 Å². The third kappa shape index (κ3) is 8.05. The highest BCUT2D eigenvalue weighted by Gasteiger charge is 2.25. The van der Waals surface area contributed by atoms with Crippen molar-refractivity contribution in [3.05, 3.63) is 192 Å². The SMILES string of the molecule is [2H]C([2H])([2H])c1cc(-n2c(-c3cc(C(C)C)cc(C(C)C)c3O)nc3c(-c4cc(-c5ccccc5)cc(-c5cc(-c6ccc(C(C([2H])([2H])[2H])(C([2H])([2H])[2H])C([2H])([2H])[2H])cc6)ccn5)c4)cccc32)cc(-c2ccccc2)c1C([2H])([2H])[2H]. The molecule has 0 saturated carbocycles. The molecule has 1 N–H and O–H groups in total. The quantitative estimate of drug-likeness (QED) is 0.157. The summed E-state index contributed by atoms with van der Waals surface area (Å²) >= 11 is 0. The summed E-state index contributed by atoms with van der Waals surface area (Å²) in [4.78, 5) is 10.2. The van der Waals surface area contributed by atoms with Gasteiger partial charge in [-0.1, -0.05) is 151 Å². The van der Waals surface area contributed by atoms with Crippen molar-refractivity contribution in [2.75, 3.05) is 0 Å². The molecule has 318 valence electrons. The molecule has 4 heteroatoms. The van der Waals surface area contributed by atoms with Crippen molar-refractivity contribution in [2.45, 2.75) is 79.2 Å². The number of phenolic OH excluding ortho intramolecular Hbond substituents is 1. The summed E-state index contributed by atoms with van der Waals surface area (Å²) in [6.07, 6.45) is 1.61. The van der Waals surface area contributed by atoms with E-state index in [9.17, 15) is 5.11 Å². The van der Waals surface area contributed by atoms with Crippen LogP contribution in [-0.2, 0) is 5.41 Å². The average Bonchev–Trinajstić information content (AvgIpc) is 3.79. The van der Waals surface area contributed by atoms with Crippen LogP contribution < -0.4 is 0 Å². The van der Waals surface area contributed by atoms with Crippen molar-refractivity contribution in [3.63, 3.8) is 0 Å². The van der Waals surface area contributed by atoms with E-state index >= 15 is 0 Å². The molecule has 0 unspecified atom stereocenters. The lowest BCUT2D eigenvalue weighted by Gasteiger charge is -2.19. The molecule has 2 heterocycles. The Bertz CT molecular complexity index is 3690. The van der Waals surface area contributed by atoms with E-state index in [4.69, 9.17) is 30.5 Å². The van der Waals surface area contributed by atoms with Crippen molar-refractivity contribution in [1.29, 1.82) is 0 Å². The van der Waals surface area contributed by atoms with Crippen LogP contribution in [0.5, 0.6) is 5.75 Å². The lowest BCUT2D eigenvalue weighted by Crippen LogP contribution is -2.10. The Labute approximate surface area is 400 Å². The second-order valence-corrected chi connectivity index (χ2v) is 17.0. The Balaban J connectivity index is 1.30. The Morgan fingerprint density at radius 1 is 0.562 bits per heavy atom. The zero-order valence-electron chi connectivity index (χ0n) is 51.0. The predicted octanol–water partition coefficient (Wildman–Crippen LogP) is 16.3. The summed E-state index contributed by atoms with van der Waals surface area (Å²) < 4.78 is 128. The minimum atomic E-state index is -3.42. The number of hydrogen-bond donors (Lipinski definition) is 1. The van der Waals surface area contributed by atoms with Gasteiger partial charge in [0, 0.05) is 43.6 Å². The number of aryl methyl sites for hydroxylation is 1. The molecule has 0 radical (unpaired) electrons. The number of para-hydroxylation sites is 1. The van der Waals surface area contributed by atoms with Gasteiger partial charge in [0.05, 0.1) is 22.3 Å². The first-order valence-electron chi connectivity index (χ1n) is 28.8. The van der Waals surface area contributed by atoms with E-state index in [-0.39, 0.29) is 45.7 Å². The molecule has 0 aliphatic heterocycles. The number of benzene rings is 7. The zero-order valence-corrected chi connectivity index (χ0v) is 36.0. The van der Waals surface area contributed by atoms with E-state index in [1.165, 1.54) is 30.3 Å². The number of fused-ring (bicyclic) bond motifs is 1. The van der Waals surface area contributed by atoms with Gasteiger partial charge in [0.2, 0.25) is 0 Å². The summed E-state index contributed by atoms with van der Waals surface area (Å²) in [7, 11) is 0. The van der Waals surface area contributed by atoms with Crippen LogP contribution in [0.25, 0.3) is 83.9 Å². The third-order valence-electron chi connectivity index (χ3n) is 11.9. The van der Waals surface area contributed by atoms with Gasteiger partial charge < -0.3 is 5.11 Å². The van der Waals surface area contributed by atoms with E-state index in [1.54, 1.807) is 53.2 Å². The number of pyridine rings is 1. The highest BCUT2D eigenvalue weighted by molar-refractivity contribution is 5.98. The highest BCUT2D eigenvalue weighted by Crippen LogP contribution is 2.44. The first-order chi connectivity index (χ1) is 36.9. The lowest BCUT2D eigenvalue weighted by atomic mass is 9.86. The normalized spacial score (nSPS) is 16.3. The Kier molecular flexibility index (Phi) is 7.37. The molecule has 2 aromatic heterocycles. The second kappa shape index (κ2) is 16.9. The number of nitrogens with zero attached hydrogens (tertiary/aromatic N) is 3. The molecule has 9 rings (SSSR count). The fraction of sp³-hybridized carbons (Fsp3) is 0.200. The Morgan fingerprint density at radius 2 is 1.27 bits per heavy atom. The van der Waals surface area contributed by atoms with Crippen LogP contribution in [0.15, 0.2) is 164 Å². The van der Waals surface area contributed by atoms with E-state index in [0.717, 1.165) is 16.7 Å². The number of aromatic hydroxyl groups is 1. The Morgan fingerprint density at radius 3 is 1.95 bits per heavy atom. The highest BCUT2D eigenvalue weighted by atomic mass is 16.3. The van der Waals surface area contributed by atoms with Gasteiger partial charge in [0.25, 0.3) is 0 Å². The first-order valence-corrected chi connectivity index (χ1v) is 21.3. The molecule has 9 aromatic rings. The predicted molar refractivity (Wildman–Crippen MR) is 269 cm³/mol. The van der Waals surface area contributed by atoms with Gasteiger partial charge in [-0.2, -0.15) is 0 Å². The lowest BCUT2D eigenvalue weighted by molar-refractivity contribution is 0.466. The summed E-state index contributed by atoms with van der Waals surface area (Å²) in [6.45, 7) is -7.86. The van der Waals surface area contributed by atoms with Crippen LogP contribution in [0.3, 0.4) is 0 Å². The van der Waals surface area contributed by atoms with Gasteiger partial charge in [0.15, 0.2) is 0 Å². The van der Waals surface area contributed by atoms with Gasteiger partial charge >= 0.3 is 0 Å². The van der Waals surface area contributed by atoms with Gasteiger partial charge in [-0.25, -0.2) is 4.98 Å². The standard InChI is InChI=1S/C60H57N3O/c1-37(2)45-33-52(38(3)4)58(64)54(34-45)59-62-57-51(21-16-22-56(57)63(59)50-29-39(5)40(6)53(36-50)43-19-14-11-15-20-43)47-30-46(41-17-12-10-13-18-41)31-48(32-47)55-35-44(27-28-61-55)42-23-25-49(26-24-42)60(7,8)9/h10-38,64H,1-9H3/i5D3,6D3,7D3,8D3,9D3. The summed E-state index contributed by atoms with van der Waals surface area (Å²) in [5, 5.41) is 12.4. The van der Waals surface area contributed by atoms with Gasteiger partial charge in [0.1, 0.15) is 11.6 Å². The van der Waals surface area contributed by atoms with Crippen LogP contribution in [-0.4, -0.2) is 19.6 Å². The van der Waals surface area contributed by atoms with E-state index in [0.29, 0.717) is 66.9 Å². The van der Waals surface area contributed by atoms with Gasteiger partial charge in [-0.3, -0.25) is 9.55 Å². The van der Waals surface area contributed by atoms with Gasteiger partial charge in [-0.05, 0) is 152 Å². The molecule has 0 fully saturated rings. The molecule has 0 amide bonds. The minimum Gasteiger partial charge on any atom is -0.507 e. The van der Waals surface area contributed by atoms with Gasteiger partial charge in [-0.15, -0.1) is 0 Å². The first kappa shape index (κ1) is 27.9. The zero-order chi connectivity index (χ0) is 57.4. The summed E-state index contributed by atoms with van der Waals surface area (Å²) in [6, 6.07) is 46.2. The third-order valence-corrected chi connectivity index (χ3v) is 11.9. The minimum absolute atomic E-state index is 0.00365. The number of hydrogen-bond acceptors (Lipinski definition) is 3. The molecule has 0 saturated heterocycles. The molecule has 0 atom stereocenters. The fourth-order valence-electron chi connectivity index (χ4n) is 8.41. The maximum Gasteiger partial charge on any atom is 0.149 e. The molecular weight excluding hydrogens is 779 g/mol.